The Labute approximate surface area is 584 Å². The van der Waals surface area contributed by atoms with Crippen LogP contribution >= 0.6 is 0 Å². The SMILES string of the molecule is Cc1[nH]c2ccc(OC(F)(F)F)cc2c1CC(=O)[C@@](N)(CCCCN)C(=O)Nc1ccc(C(c2ccc(NC(=O)[C@](N)(CCCCN)C(=O)Cc3c(C)[nH]c4ccc(OC(F)(F)F)cc34)cc2)c2ccc(NC(=O)[C@](N)(CCCCN)C(=O)Cc3c(C)[nH]c4ccc(OC(F)(F)F)cc34)cc2)cc1. The summed E-state index contributed by atoms with van der Waals surface area (Å²) in [6.45, 7) is 5.50. The number of benzene rings is 6. The number of amides is 3. The molecule has 3 atom stereocenters. The van der Waals surface area contributed by atoms with Crippen molar-refractivity contribution >= 4 is 84.8 Å². The molecule has 3 aromatic heterocycles. The van der Waals surface area contributed by atoms with Crippen molar-refractivity contribution in [2.24, 2.45) is 34.4 Å². The number of aryl methyl sites for hydroxylation is 3. The second kappa shape index (κ2) is 31.6. The number of Topliss-reactive ketones (excluding diaryl/α,β-unsaturated/α-hetero) is 3. The number of anilines is 3. The highest BCUT2D eigenvalue weighted by atomic mass is 19.4. The number of aromatic nitrogens is 3. The minimum Gasteiger partial charge on any atom is -0.406 e. The first kappa shape index (κ1) is 77.1. The van der Waals surface area contributed by atoms with Gasteiger partial charge in [0, 0.05) is 92.0 Å². The molecule has 103 heavy (non-hydrogen) atoms. The summed E-state index contributed by atoms with van der Waals surface area (Å²) in [6, 6.07) is 30.3. The maximum atomic E-state index is 14.5. The van der Waals surface area contributed by atoms with Crippen LogP contribution in [0.5, 0.6) is 17.2 Å². The number of carbonyl (C=O) groups excluding carboxylic acids is 6. The summed E-state index contributed by atoms with van der Waals surface area (Å²) in [5.74, 6) is -7.17. The average Bonchev–Trinajstić information content (AvgIpc) is 1.77. The molecule has 0 aliphatic carbocycles. The predicted molar refractivity (Wildman–Crippen MR) is 371 cm³/mol. The number of carbonyl (C=O) groups is 6. The van der Waals surface area contributed by atoms with Crippen molar-refractivity contribution in [3.63, 3.8) is 0 Å². The Balaban J connectivity index is 1.01. The fourth-order valence-corrected chi connectivity index (χ4v) is 12.7. The van der Waals surface area contributed by atoms with E-state index in [-0.39, 0.29) is 91.4 Å². The summed E-state index contributed by atoms with van der Waals surface area (Å²) in [7, 11) is 0. The van der Waals surface area contributed by atoms with Gasteiger partial charge in [-0.3, -0.25) is 28.8 Å². The van der Waals surface area contributed by atoms with Crippen LogP contribution < -0.4 is 64.6 Å². The smallest absolute Gasteiger partial charge is 0.406 e. The third kappa shape index (κ3) is 18.6. The van der Waals surface area contributed by atoms with Crippen LogP contribution in [-0.4, -0.2) is 105 Å². The molecule has 3 amide bonds. The van der Waals surface area contributed by atoms with Crippen molar-refractivity contribution in [3.05, 3.63) is 178 Å². The van der Waals surface area contributed by atoms with Crippen molar-refractivity contribution in [2.75, 3.05) is 35.6 Å². The molecule has 0 aliphatic heterocycles. The van der Waals surface area contributed by atoms with Gasteiger partial charge in [0.15, 0.2) is 34.0 Å². The fourth-order valence-electron chi connectivity index (χ4n) is 12.7. The summed E-state index contributed by atoms with van der Waals surface area (Å²) in [5, 5.41) is 9.06. The van der Waals surface area contributed by atoms with E-state index in [2.05, 4.69) is 45.1 Å². The number of nitrogens with one attached hydrogen (secondary N) is 6. The zero-order chi connectivity index (χ0) is 75.0. The number of ether oxygens (including phenoxy) is 3. The van der Waals surface area contributed by atoms with Crippen molar-refractivity contribution in [3.8, 4) is 17.2 Å². The van der Waals surface area contributed by atoms with E-state index in [0.717, 1.165) is 36.4 Å². The van der Waals surface area contributed by atoms with E-state index in [9.17, 15) is 68.3 Å². The van der Waals surface area contributed by atoms with Gasteiger partial charge in [0.1, 0.15) is 17.2 Å². The number of hydrogen-bond acceptors (Lipinski definition) is 15. The molecule has 0 fully saturated rings. The van der Waals surface area contributed by atoms with Gasteiger partial charge in [-0.25, -0.2) is 0 Å². The van der Waals surface area contributed by atoms with E-state index in [0.29, 0.717) is 86.3 Å². The molecular formula is C73H79F9N12O9. The highest BCUT2D eigenvalue weighted by Crippen LogP contribution is 2.38. The number of halogens is 9. The number of nitrogens with two attached hydrogens (primary N) is 6. The van der Waals surface area contributed by atoms with E-state index >= 15 is 0 Å². The molecule has 9 rings (SSSR count). The number of unbranched alkanes of at least 4 members (excludes halogenated alkanes) is 3. The standard InChI is InChI=1S/C73H79F9N12O9/c1-40-52(55-34-49(101-71(74,75)76)22-25-58(55)89-40)37-61(95)68(86,28-4-7-31-83)65(98)92-46-16-10-43(11-17-46)64(44-12-18-47(19-13-44)93-66(99)69(87,29-5-8-32-84)62(96)38-53-41(2)90-59-26-23-50(35-56(53)59)102-72(77,78)79)45-14-20-48(21-15-45)94-67(100)70(88,30-6-9-33-85)63(97)39-54-42(3)91-60-27-24-51(36-57(54)60)103-73(80,81)82/h10-27,34-36,64,89-91H,4-9,28-33,37-39,83-88H2,1-3H3,(H,92,98)(H,93,99)(H,94,100)/t68-,69-,70-/m0/s1. The van der Waals surface area contributed by atoms with Gasteiger partial charge in [-0.1, -0.05) is 36.4 Å². The number of alkyl halides is 9. The number of hydrogen-bond donors (Lipinski definition) is 12. The number of ketones is 3. The summed E-state index contributed by atoms with van der Waals surface area (Å²) in [5.41, 5.74) is 37.1. The topological polar surface area (TPSA) is 370 Å². The summed E-state index contributed by atoms with van der Waals surface area (Å²) in [6.07, 6.45) is -14.9. The second-order valence-electron chi connectivity index (χ2n) is 25.6. The summed E-state index contributed by atoms with van der Waals surface area (Å²) in [4.78, 5) is 96.0. The van der Waals surface area contributed by atoms with Crippen LogP contribution in [0.3, 0.4) is 0 Å². The van der Waals surface area contributed by atoms with Gasteiger partial charge in [-0.05, 0) is 223 Å². The summed E-state index contributed by atoms with van der Waals surface area (Å²) >= 11 is 0. The molecule has 6 aromatic carbocycles. The van der Waals surface area contributed by atoms with Crippen LogP contribution in [0.4, 0.5) is 56.6 Å². The first-order valence-corrected chi connectivity index (χ1v) is 33.0. The van der Waals surface area contributed by atoms with Crippen molar-refractivity contribution in [1.29, 1.82) is 0 Å². The van der Waals surface area contributed by atoms with E-state index in [1.165, 1.54) is 18.2 Å². The Morgan fingerprint density at radius 1 is 0.379 bits per heavy atom. The average molecular weight is 1440 g/mol. The maximum absolute atomic E-state index is 14.5. The van der Waals surface area contributed by atoms with Crippen LogP contribution in [0.15, 0.2) is 127 Å². The lowest BCUT2D eigenvalue weighted by Crippen LogP contribution is -2.58. The molecule has 0 saturated carbocycles. The Hall–Kier alpha value is -10.1. The van der Waals surface area contributed by atoms with Crippen molar-refractivity contribution in [2.45, 2.75) is 139 Å². The van der Waals surface area contributed by atoms with E-state index in [4.69, 9.17) is 34.4 Å². The van der Waals surface area contributed by atoms with Crippen LogP contribution in [0.1, 0.15) is 114 Å². The highest BCUT2D eigenvalue weighted by molar-refractivity contribution is 6.18. The molecule has 3 heterocycles. The highest BCUT2D eigenvalue weighted by Gasteiger charge is 2.45. The number of fused-ring (bicyclic) bond motifs is 3. The summed E-state index contributed by atoms with van der Waals surface area (Å²) < 4.78 is 132. The number of H-pyrrole nitrogens is 3. The normalized spacial score (nSPS) is 13.9. The predicted octanol–water partition coefficient (Wildman–Crippen LogP) is 11.7. The van der Waals surface area contributed by atoms with Gasteiger partial charge in [0.05, 0.1) is 0 Å². The second-order valence-corrected chi connectivity index (χ2v) is 25.6. The monoisotopic (exact) mass is 1440 g/mol. The molecule has 0 radical (unpaired) electrons. The Morgan fingerprint density at radius 3 is 0.845 bits per heavy atom. The Kier molecular flexibility index (Phi) is 23.7. The van der Waals surface area contributed by atoms with Gasteiger partial charge in [0.2, 0.25) is 0 Å². The van der Waals surface area contributed by atoms with Gasteiger partial charge >= 0.3 is 19.1 Å². The van der Waals surface area contributed by atoms with E-state index < -0.39 is 113 Å². The van der Waals surface area contributed by atoms with Crippen molar-refractivity contribution < 1.29 is 82.5 Å². The molecular weight excluding hydrogens is 1360 g/mol. The zero-order valence-electron chi connectivity index (χ0n) is 56.3. The molecule has 18 N–H and O–H groups in total. The van der Waals surface area contributed by atoms with E-state index in [1.54, 1.807) is 93.6 Å². The van der Waals surface area contributed by atoms with Crippen LogP contribution in [-0.2, 0) is 48.0 Å². The molecule has 21 nitrogen and oxygen atoms in total. The minimum absolute atomic E-state index is 0.156. The first-order valence-electron chi connectivity index (χ1n) is 33.0. The molecule has 30 heteroatoms. The molecule has 0 bridgehead atoms. The van der Waals surface area contributed by atoms with E-state index in [1.807, 2.05) is 0 Å². The largest absolute Gasteiger partial charge is 0.573 e. The zero-order valence-corrected chi connectivity index (χ0v) is 56.3. The van der Waals surface area contributed by atoms with Crippen LogP contribution in [0, 0.1) is 20.8 Å². The van der Waals surface area contributed by atoms with Crippen molar-refractivity contribution in [1.82, 2.24) is 15.0 Å². The van der Waals surface area contributed by atoms with Gasteiger partial charge < -0.3 is 79.5 Å². The number of aromatic amines is 3. The van der Waals surface area contributed by atoms with Crippen LogP contribution in [0.2, 0.25) is 0 Å². The molecule has 0 spiro atoms. The quantitative estimate of drug-likeness (QED) is 0.00787. The third-order valence-corrected chi connectivity index (χ3v) is 18.3. The minimum atomic E-state index is -5.00. The third-order valence-electron chi connectivity index (χ3n) is 18.3. The fraction of sp³-hybridized carbons (Fsp3) is 0.342. The van der Waals surface area contributed by atoms with Gasteiger partial charge in [-0.15, -0.1) is 39.5 Å². The first-order chi connectivity index (χ1) is 48.5. The molecule has 0 aliphatic rings. The van der Waals surface area contributed by atoms with Crippen LogP contribution in [0.25, 0.3) is 32.7 Å². The lowest BCUT2D eigenvalue weighted by atomic mass is 9.83. The maximum Gasteiger partial charge on any atom is 0.573 e. The Morgan fingerprint density at radius 2 is 0.621 bits per heavy atom. The molecule has 9 aromatic rings. The lowest BCUT2D eigenvalue weighted by molar-refractivity contribution is -0.275. The molecule has 0 unspecified atom stereocenters. The van der Waals surface area contributed by atoms with Gasteiger partial charge in [0.25, 0.3) is 17.7 Å². The number of rotatable bonds is 33. The Bertz CT molecular complexity index is 4120. The molecule has 0 saturated heterocycles. The lowest BCUT2D eigenvalue weighted by Gasteiger charge is -2.28. The van der Waals surface area contributed by atoms with Gasteiger partial charge in [-0.2, -0.15) is 0 Å². The molecule has 548 valence electrons.